The van der Waals surface area contributed by atoms with Crippen molar-refractivity contribution in [2.45, 2.75) is 44.6 Å². The predicted molar refractivity (Wildman–Crippen MR) is 75.5 cm³/mol. The Hall–Kier alpha value is -0.170. The first-order valence-corrected chi connectivity index (χ1v) is 9.07. The number of nitrogens with zero attached hydrogens (tertiary/aromatic N) is 2. The van der Waals surface area contributed by atoms with Crippen LogP contribution in [0.2, 0.25) is 0 Å². The first-order chi connectivity index (χ1) is 9.13. The zero-order valence-electron chi connectivity index (χ0n) is 11.6. The topological polar surface area (TPSA) is 60.9 Å². The van der Waals surface area contributed by atoms with Gasteiger partial charge in [-0.25, -0.2) is 12.7 Å². The minimum Gasteiger partial charge on any atom is -0.395 e. The van der Waals surface area contributed by atoms with Crippen molar-refractivity contribution in [1.29, 1.82) is 0 Å². The Morgan fingerprint density at radius 1 is 1.11 bits per heavy atom. The molecule has 0 unspecified atom stereocenters. The standard InChI is InChI=1S/C13H26N2O3S/c16-11-10-14(13-5-2-1-3-6-13)8-9-15-7-4-12-19(15,17)18/h13,16H,1-12H2. The maximum absolute atomic E-state index is 11.8. The van der Waals surface area contributed by atoms with E-state index in [0.29, 0.717) is 31.4 Å². The summed E-state index contributed by atoms with van der Waals surface area (Å²) in [6.07, 6.45) is 6.96. The largest absolute Gasteiger partial charge is 0.395 e. The second kappa shape index (κ2) is 7.02. The van der Waals surface area contributed by atoms with Gasteiger partial charge in [0, 0.05) is 32.2 Å². The molecule has 1 aliphatic carbocycles. The number of aliphatic hydroxyl groups is 1. The highest BCUT2D eigenvalue weighted by Crippen LogP contribution is 2.22. The Bertz CT molecular complexity index is 366. The van der Waals surface area contributed by atoms with Gasteiger partial charge in [0.15, 0.2) is 0 Å². The van der Waals surface area contributed by atoms with Crippen LogP contribution in [0.5, 0.6) is 0 Å². The van der Waals surface area contributed by atoms with Crippen LogP contribution in [-0.4, -0.2) is 67.3 Å². The Morgan fingerprint density at radius 2 is 1.84 bits per heavy atom. The molecule has 0 bridgehead atoms. The van der Waals surface area contributed by atoms with Gasteiger partial charge in [-0.2, -0.15) is 0 Å². The number of hydrogen-bond donors (Lipinski definition) is 1. The van der Waals surface area contributed by atoms with Crippen molar-refractivity contribution in [3.05, 3.63) is 0 Å². The lowest BCUT2D eigenvalue weighted by Gasteiger charge is -2.34. The van der Waals surface area contributed by atoms with Gasteiger partial charge in [-0.1, -0.05) is 19.3 Å². The maximum Gasteiger partial charge on any atom is 0.214 e. The lowest BCUT2D eigenvalue weighted by atomic mass is 9.94. The summed E-state index contributed by atoms with van der Waals surface area (Å²) >= 11 is 0. The highest BCUT2D eigenvalue weighted by molar-refractivity contribution is 7.89. The summed E-state index contributed by atoms with van der Waals surface area (Å²) in [4.78, 5) is 2.28. The van der Waals surface area contributed by atoms with E-state index in [2.05, 4.69) is 4.90 Å². The molecule has 0 amide bonds. The zero-order chi connectivity index (χ0) is 13.7. The monoisotopic (exact) mass is 290 g/mol. The van der Waals surface area contributed by atoms with E-state index < -0.39 is 10.0 Å². The van der Waals surface area contributed by atoms with Gasteiger partial charge in [-0.3, -0.25) is 4.90 Å². The van der Waals surface area contributed by atoms with E-state index >= 15 is 0 Å². The first-order valence-electron chi connectivity index (χ1n) is 7.46. The molecule has 2 aliphatic rings. The van der Waals surface area contributed by atoms with Gasteiger partial charge in [-0.15, -0.1) is 0 Å². The SMILES string of the molecule is O=S1(=O)CCCN1CCN(CCO)C1CCCCC1. The van der Waals surface area contributed by atoms with E-state index in [9.17, 15) is 13.5 Å². The summed E-state index contributed by atoms with van der Waals surface area (Å²) in [5.41, 5.74) is 0. The fourth-order valence-electron chi connectivity index (χ4n) is 3.23. The van der Waals surface area contributed by atoms with Crippen LogP contribution in [0.3, 0.4) is 0 Å². The summed E-state index contributed by atoms with van der Waals surface area (Å²) in [6, 6.07) is 0.534. The van der Waals surface area contributed by atoms with Gasteiger partial charge in [-0.05, 0) is 19.3 Å². The third kappa shape index (κ3) is 4.15. The van der Waals surface area contributed by atoms with Crippen LogP contribution in [0.15, 0.2) is 0 Å². The molecular formula is C13H26N2O3S. The van der Waals surface area contributed by atoms with Crippen LogP contribution < -0.4 is 0 Å². The van der Waals surface area contributed by atoms with Crippen molar-refractivity contribution in [1.82, 2.24) is 9.21 Å². The molecular weight excluding hydrogens is 264 g/mol. The molecule has 112 valence electrons. The highest BCUT2D eigenvalue weighted by atomic mass is 32.2. The van der Waals surface area contributed by atoms with Crippen molar-refractivity contribution in [2.75, 3.05) is 38.5 Å². The van der Waals surface area contributed by atoms with Crippen LogP contribution >= 0.6 is 0 Å². The molecule has 0 aromatic rings. The van der Waals surface area contributed by atoms with E-state index in [1.54, 1.807) is 4.31 Å². The summed E-state index contributed by atoms with van der Waals surface area (Å²) in [5, 5.41) is 9.19. The fraction of sp³-hybridized carbons (Fsp3) is 1.00. The third-order valence-electron chi connectivity index (χ3n) is 4.32. The maximum atomic E-state index is 11.8. The number of rotatable bonds is 6. The van der Waals surface area contributed by atoms with Crippen molar-refractivity contribution < 1.29 is 13.5 Å². The average Bonchev–Trinajstić information content (AvgIpc) is 2.75. The molecule has 19 heavy (non-hydrogen) atoms. The molecule has 2 fully saturated rings. The second-order valence-corrected chi connectivity index (χ2v) is 7.71. The van der Waals surface area contributed by atoms with E-state index in [4.69, 9.17) is 0 Å². The molecule has 0 atom stereocenters. The molecule has 5 nitrogen and oxygen atoms in total. The Morgan fingerprint density at radius 3 is 2.42 bits per heavy atom. The van der Waals surface area contributed by atoms with E-state index in [-0.39, 0.29) is 6.61 Å². The van der Waals surface area contributed by atoms with Gasteiger partial charge in [0.2, 0.25) is 10.0 Å². The molecule has 2 rings (SSSR count). The van der Waals surface area contributed by atoms with Crippen molar-refractivity contribution in [3.63, 3.8) is 0 Å². The summed E-state index contributed by atoms with van der Waals surface area (Å²) in [5.74, 6) is 0.302. The third-order valence-corrected chi connectivity index (χ3v) is 6.27. The van der Waals surface area contributed by atoms with Crippen molar-refractivity contribution in [2.24, 2.45) is 0 Å². The van der Waals surface area contributed by atoms with Crippen LogP contribution in [0.4, 0.5) is 0 Å². The quantitative estimate of drug-likeness (QED) is 0.780. The summed E-state index contributed by atoms with van der Waals surface area (Å²) in [7, 11) is -2.98. The molecule has 0 spiro atoms. The fourth-order valence-corrected chi connectivity index (χ4v) is 4.75. The Balaban J connectivity index is 1.86. The van der Waals surface area contributed by atoms with Crippen molar-refractivity contribution in [3.8, 4) is 0 Å². The van der Waals surface area contributed by atoms with Crippen LogP contribution in [0, 0.1) is 0 Å². The summed E-state index contributed by atoms with van der Waals surface area (Å²) in [6.45, 7) is 2.82. The molecule has 1 aliphatic heterocycles. The van der Waals surface area contributed by atoms with Crippen molar-refractivity contribution >= 4 is 10.0 Å². The molecule has 6 heteroatoms. The lowest BCUT2D eigenvalue weighted by molar-refractivity contribution is 0.119. The smallest absolute Gasteiger partial charge is 0.214 e. The van der Waals surface area contributed by atoms with E-state index in [1.807, 2.05) is 0 Å². The number of sulfonamides is 1. The molecule has 1 saturated carbocycles. The Labute approximate surface area is 116 Å². The molecule has 0 aromatic heterocycles. The molecule has 0 aromatic carbocycles. The molecule has 1 N–H and O–H groups in total. The lowest BCUT2D eigenvalue weighted by Crippen LogP contribution is -2.43. The number of aliphatic hydroxyl groups excluding tert-OH is 1. The van der Waals surface area contributed by atoms with Crippen LogP contribution in [0.1, 0.15) is 38.5 Å². The average molecular weight is 290 g/mol. The van der Waals surface area contributed by atoms with Gasteiger partial charge >= 0.3 is 0 Å². The Kier molecular flexibility index (Phi) is 5.62. The molecule has 1 saturated heterocycles. The molecule has 1 heterocycles. The van der Waals surface area contributed by atoms with Gasteiger partial charge in [0.25, 0.3) is 0 Å². The molecule has 0 radical (unpaired) electrons. The van der Waals surface area contributed by atoms with E-state index in [1.165, 1.54) is 32.1 Å². The first kappa shape index (κ1) is 15.2. The zero-order valence-corrected chi connectivity index (χ0v) is 12.4. The summed E-state index contributed by atoms with van der Waals surface area (Å²) < 4.78 is 25.1. The predicted octanol–water partition coefficient (Wildman–Crippen LogP) is 0.649. The van der Waals surface area contributed by atoms with Gasteiger partial charge in [0.05, 0.1) is 12.4 Å². The van der Waals surface area contributed by atoms with Gasteiger partial charge in [0.1, 0.15) is 0 Å². The second-order valence-electron chi connectivity index (χ2n) is 5.62. The van der Waals surface area contributed by atoms with Crippen LogP contribution in [-0.2, 0) is 10.0 Å². The number of hydrogen-bond acceptors (Lipinski definition) is 4. The minimum absolute atomic E-state index is 0.156. The highest BCUT2D eigenvalue weighted by Gasteiger charge is 2.29. The van der Waals surface area contributed by atoms with E-state index in [0.717, 1.165) is 13.0 Å². The minimum atomic E-state index is -2.98. The van der Waals surface area contributed by atoms with Crippen LogP contribution in [0.25, 0.3) is 0 Å². The van der Waals surface area contributed by atoms with Gasteiger partial charge < -0.3 is 5.11 Å². The normalized spacial score (nSPS) is 25.2.